The number of hydrogen-bond acceptors (Lipinski definition) is 4. The quantitative estimate of drug-likeness (QED) is 0.730. The van der Waals surface area contributed by atoms with Crippen molar-refractivity contribution in [3.63, 3.8) is 0 Å². The van der Waals surface area contributed by atoms with E-state index in [0.29, 0.717) is 5.92 Å². The van der Waals surface area contributed by atoms with Crippen molar-refractivity contribution in [2.45, 2.75) is 32.7 Å². The van der Waals surface area contributed by atoms with Crippen molar-refractivity contribution in [3.8, 4) is 0 Å². The first-order chi connectivity index (χ1) is 11.1. The highest BCUT2D eigenvalue weighted by Gasteiger charge is 2.25. The van der Waals surface area contributed by atoms with E-state index in [2.05, 4.69) is 46.4 Å². The second-order valence-corrected chi connectivity index (χ2v) is 6.46. The second kappa shape index (κ2) is 5.33. The topological polar surface area (TPSA) is 46.8 Å². The molecule has 0 aliphatic carbocycles. The van der Waals surface area contributed by atoms with Crippen molar-refractivity contribution in [3.05, 3.63) is 47.8 Å². The van der Waals surface area contributed by atoms with Crippen LogP contribution in [0, 0.1) is 0 Å². The summed E-state index contributed by atoms with van der Waals surface area (Å²) in [6, 6.07) is 8.19. The molecule has 118 valence electrons. The normalized spacial score (nSPS) is 14.5. The van der Waals surface area contributed by atoms with Crippen LogP contribution in [0.3, 0.4) is 0 Å². The van der Waals surface area contributed by atoms with Gasteiger partial charge in [0.05, 0.1) is 17.8 Å². The van der Waals surface area contributed by atoms with E-state index in [1.807, 2.05) is 18.2 Å². The zero-order chi connectivity index (χ0) is 16.0. The van der Waals surface area contributed by atoms with Crippen molar-refractivity contribution in [2.75, 3.05) is 11.4 Å². The Morgan fingerprint density at radius 1 is 1.13 bits per heavy atom. The summed E-state index contributed by atoms with van der Waals surface area (Å²) >= 11 is 0. The fourth-order valence-corrected chi connectivity index (χ4v) is 3.49. The summed E-state index contributed by atoms with van der Waals surface area (Å²) in [5.74, 6) is 2.63. The van der Waals surface area contributed by atoms with E-state index in [1.165, 1.54) is 17.2 Å². The average molecular weight is 307 g/mol. The summed E-state index contributed by atoms with van der Waals surface area (Å²) in [7, 11) is 2.14. The van der Waals surface area contributed by atoms with Gasteiger partial charge in [-0.25, -0.2) is 15.0 Å². The summed E-state index contributed by atoms with van der Waals surface area (Å²) in [6.45, 7) is 6.18. The highest BCUT2D eigenvalue weighted by atomic mass is 15.2. The van der Waals surface area contributed by atoms with Crippen molar-refractivity contribution < 1.29 is 0 Å². The lowest BCUT2D eigenvalue weighted by Crippen LogP contribution is -2.32. The molecule has 0 atom stereocenters. The molecule has 0 fully saturated rings. The summed E-state index contributed by atoms with van der Waals surface area (Å²) in [5.41, 5.74) is 3.54. The minimum atomic E-state index is 0.443. The zero-order valence-electron chi connectivity index (χ0n) is 13.8. The standard InChI is InChI=1S/C18H21N5/c1-12(2)17-21-15-10-23(9-8-16(15)22(17)3)18-13-6-4-5-7-14(13)19-11-20-18/h4-7,11-12H,8-10H2,1-3H3. The Balaban J connectivity index is 1.74. The predicted molar refractivity (Wildman–Crippen MR) is 91.6 cm³/mol. The van der Waals surface area contributed by atoms with Crippen LogP contribution in [0.1, 0.15) is 37.0 Å². The van der Waals surface area contributed by atoms with Gasteiger partial charge in [-0.15, -0.1) is 0 Å². The fourth-order valence-electron chi connectivity index (χ4n) is 3.49. The van der Waals surface area contributed by atoms with Crippen LogP contribution in [0.5, 0.6) is 0 Å². The van der Waals surface area contributed by atoms with E-state index in [4.69, 9.17) is 4.98 Å². The average Bonchev–Trinajstić information content (AvgIpc) is 2.91. The molecule has 0 saturated carbocycles. The molecule has 0 spiro atoms. The Hall–Kier alpha value is -2.43. The van der Waals surface area contributed by atoms with E-state index in [-0.39, 0.29) is 0 Å². The molecule has 0 radical (unpaired) electrons. The van der Waals surface area contributed by atoms with Crippen LogP contribution in [-0.4, -0.2) is 26.1 Å². The minimum absolute atomic E-state index is 0.443. The molecular weight excluding hydrogens is 286 g/mol. The Morgan fingerprint density at radius 3 is 2.78 bits per heavy atom. The Bertz CT molecular complexity index is 860. The third-order valence-corrected chi connectivity index (χ3v) is 4.63. The first-order valence-electron chi connectivity index (χ1n) is 8.14. The smallest absolute Gasteiger partial charge is 0.140 e. The maximum atomic E-state index is 4.88. The van der Waals surface area contributed by atoms with Gasteiger partial charge in [0.15, 0.2) is 0 Å². The summed E-state index contributed by atoms with van der Waals surface area (Å²) in [4.78, 5) is 16.1. The first kappa shape index (κ1) is 14.2. The van der Waals surface area contributed by atoms with Crippen molar-refractivity contribution in [2.24, 2.45) is 7.05 Å². The molecule has 0 saturated heterocycles. The molecule has 0 bridgehead atoms. The Kier molecular flexibility index (Phi) is 3.29. The highest BCUT2D eigenvalue weighted by Crippen LogP contribution is 2.29. The number of aromatic nitrogens is 4. The van der Waals surface area contributed by atoms with E-state index in [1.54, 1.807) is 6.33 Å². The van der Waals surface area contributed by atoms with Crippen molar-refractivity contribution >= 4 is 16.7 Å². The van der Waals surface area contributed by atoms with E-state index >= 15 is 0 Å². The molecule has 0 N–H and O–H groups in total. The lowest BCUT2D eigenvalue weighted by atomic mass is 10.1. The van der Waals surface area contributed by atoms with Crippen LogP contribution in [0.4, 0.5) is 5.82 Å². The molecule has 3 heterocycles. The van der Waals surface area contributed by atoms with Gasteiger partial charge in [0.1, 0.15) is 18.0 Å². The van der Waals surface area contributed by atoms with Crippen LogP contribution in [0.2, 0.25) is 0 Å². The van der Waals surface area contributed by atoms with Gasteiger partial charge in [0.2, 0.25) is 0 Å². The van der Waals surface area contributed by atoms with Gasteiger partial charge in [-0.2, -0.15) is 0 Å². The summed E-state index contributed by atoms with van der Waals surface area (Å²) in [5, 5.41) is 1.11. The van der Waals surface area contributed by atoms with Crippen LogP contribution in [-0.2, 0) is 20.0 Å². The second-order valence-electron chi connectivity index (χ2n) is 6.46. The van der Waals surface area contributed by atoms with Gasteiger partial charge in [-0.05, 0) is 12.1 Å². The van der Waals surface area contributed by atoms with E-state index in [0.717, 1.165) is 36.2 Å². The SMILES string of the molecule is CC(C)c1nc2c(n1C)CCN(c1ncnc3ccccc13)C2. The fraction of sp³-hybridized carbons (Fsp3) is 0.389. The largest absolute Gasteiger partial charge is 0.350 e. The first-order valence-corrected chi connectivity index (χ1v) is 8.14. The number of fused-ring (bicyclic) bond motifs is 2. The summed E-state index contributed by atoms with van der Waals surface area (Å²) in [6.07, 6.45) is 2.66. The van der Waals surface area contributed by atoms with Gasteiger partial charge in [-0.1, -0.05) is 26.0 Å². The molecule has 2 aromatic heterocycles. The molecule has 5 heteroatoms. The van der Waals surface area contributed by atoms with Gasteiger partial charge in [-0.3, -0.25) is 0 Å². The van der Waals surface area contributed by atoms with Crippen LogP contribution in [0.15, 0.2) is 30.6 Å². The molecule has 1 aromatic carbocycles. The monoisotopic (exact) mass is 307 g/mol. The number of rotatable bonds is 2. The number of anilines is 1. The molecule has 23 heavy (non-hydrogen) atoms. The summed E-state index contributed by atoms with van der Waals surface area (Å²) < 4.78 is 2.27. The maximum absolute atomic E-state index is 4.88. The molecule has 3 aromatic rings. The number of benzene rings is 1. The Labute approximate surface area is 136 Å². The van der Waals surface area contributed by atoms with Gasteiger partial charge in [0, 0.05) is 37.0 Å². The number of nitrogens with zero attached hydrogens (tertiary/aromatic N) is 5. The third kappa shape index (κ3) is 2.27. The van der Waals surface area contributed by atoms with Gasteiger partial charge in [0.25, 0.3) is 0 Å². The number of imidazole rings is 1. The lowest BCUT2D eigenvalue weighted by Gasteiger charge is -2.28. The molecule has 5 nitrogen and oxygen atoms in total. The van der Waals surface area contributed by atoms with Crippen LogP contribution >= 0.6 is 0 Å². The molecule has 1 aliphatic heterocycles. The molecule has 0 amide bonds. The van der Waals surface area contributed by atoms with E-state index < -0.39 is 0 Å². The maximum Gasteiger partial charge on any atom is 0.140 e. The van der Waals surface area contributed by atoms with Gasteiger partial charge >= 0.3 is 0 Å². The molecular formula is C18H21N5. The highest BCUT2D eigenvalue weighted by molar-refractivity contribution is 5.89. The van der Waals surface area contributed by atoms with Crippen LogP contribution < -0.4 is 4.90 Å². The minimum Gasteiger partial charge on any atom is -0.350 e. The number of para-hydroxylation sites is 1. The van der Waals surface area contributed by atoms with Crippen molar-refractivity contribution in [1.29, 1.82) is 0 Å². The van der Waals surface area contributed by atoms with Crippen LogP contribution in [0.25, 0.3) is 10.9 Å². The van der Waals surface area contributed by atoms with E-state index in [9.17, 15) is 0 Å². The predicted octanol–water partition coefficient (Wildman–Crippen LogP) is 3.05. The Morgan fingerprint density at radius 2 is 1.96 bits per heavy atom. The zero-order valence-corrected chi connectivity index (χ0v) is 13.8. The molecule has 1 aliphatic rings. The molecule has 0 unspecified atom stereocenters. The van der Waals surface area contributed by atoms with Gasteiger partial charge < -0.3 is 9.47 Å². The molecule has 4 rings (SSSR count). The lowest BCUT2D eigenvalue weighted by molar-refractivity contribution is 0.660. The third-order valence-electron chi connectivity index (χ3n) is 4.63. The number of hydrogen-bond donors (Lipinski definition) is 0. The van der Waals surface area contributed by atoms with Crippen molar-refractivity contribution in [1.82, 2.24) is 19.5 Å².